The molecular formula is C7H6Cl9F3O3S2. The minimum atomic E-state index is -6.21. The summed E-state index contributed by atoms with van der Waals surface area (Å²) in [6.07, 6.45) is 1.53. The zero-order chi connectivity index (χ0) is 20.2. The molecule has 0 bridgehead atoms. The van der Waals surface area contributed by atoms with Crippen LogP contribution in [0.1, 0.15) is 0 Å². The fourth-order valence-electron chi connectivity index (χ4n) is 1.63. The molecule has 3 nitrogen and oxygen atoms in total. The van der Waals surface area contributed by atoms with Crippen molar-refractivity contribution in [2.75, 3.05) is 12.5 Å². The molecule has 0 saturated heterocycles. The number of hydrogen-bond acceptors (Lipinski definition) is 3. The Kier molecular flexibility index (Phi) is 8.31. The maximum atomic E-state index is 12.6. The maximum absolute atomic E-state index is 12.6. The molecule has 0 N–H and O–H groups in total. The quantitative estimate of drug-likeness (QED) is 0.277. The molecule has 0 aliphatic carbocycles. The van der Waals surface area contributed by atoms with Crippen molar-refractivity contribution >= 4 is 125 Å². The van der Waals surface area contributed by atoms with Gasteiger partial charge in [-0.2, -0.15) is 21.6 Å². The van der Waals surface area contributed by atoms with Crippen molar-refractivity contribution in [3.8, 4) is 0 Å². The van der Waals surface area contributed by atoms with E-state index in [1.54, 1.807) is 0 Å². The largest absolute Gasteiger partial charge is 0.523 e. The van der Waals surface area contributed by atoms with E-state index in [1.807, 2.05) is 0 Å². The highest BCUT2D eigenvalue weighted by molar-refractivity contribution is 8.33. The van der Waals surface area contributed by atoms with Crippen molar-refractivity contribution in [2.45, 2.75) is 21.6 Å². The highest BCUT2D eigenvalue weighted by Gasteiger charge is 2.77. The average Bonchev–Trinajstić information content (AvgIpc) is 2.03. The Bertz CT molecular complexity index is 537. The van der Waals surface area contributed by atoms with E-state index in [0.29, 0.717) is 0 Å². The Morgan fingerprint density at radius 2 is 0.958 bits per heavy atom. The van der Waals surface area contributed by atoms with Crippen LogP contribution in [0.15, 0.2) is 0 Å². The van der Waals surface area contributed by atoms with Gasteiger partial charge in [-0.15, -0.1) is 10.3 Å². The predicted octanol–water partition coefficient (Wildman–Crippen LogP) is 6.68. The van der Waals surface area contributed by atoms with Crippen molar-refractivity contribution in [1.82, 2.24) is 0 Å². The van der Waals surface area contributed by atoms with Crippen LogP contribution in [-0.2, 0) is 13.7 Å². The smallest absolute Gasteiger partial charge is 0.213 e. The van der Waals surface area contributed by atoms with E-state index >= 15 is 0 Å². The first-order chi connectivity index (χ1) is 9.96. The van der Waals surface area contributed by atoms with Crippen LogP contribution in [0, 0.1) is 0 Å². The van der Waals surface area contributed by atoms with Gasteiger partial charge < -0.3 is 0 Å². The molecule has 0 atom stereocenters. The lowest BCUT2D eigenvalue weighted by atomic mass is 10.2. The summed E-state index contributed by atoms with van der Waals surface area (Å²) in [6, 6.07) is 0. The first kappa shape index (κ1) is 26.7. The molecule has 0 aliphatic rings. The summed E-state index contributed by atoms with van der Waals surface area (Å²) in [4.78, 5) is 0. The topological polar surface area (TPSA) is 43.4 Å². The second-order valence-electron chi connectivity index (χ2n) is 4.38. The van der Waals surface area contributed by atoms with Gasteiger partial charge in [0, 0.05) is 0 Å². The summed E-state index contributed by atoms with van der Waals surface area (Å²) in [5.74, 6) is 0. The summed E-state index contributed by atoms with van der Waals surface area (Å²) in [5.41, 5.74) is -5.82. The summed E-state index contributed by atoms with van der Waals surface area (Å²) >= 11 is 51.7. The molecule has 0 aliphatic heterocycles. The average molecular weight is 578 g/mol. The van der Waals surface area contributed by atoms with Gasteiger partial charge in [0.2, 0.25) is 11.4 Å². The fraction of sp³-hybridized carbons (Fsp3) is 1.00. The minimum Gasteiger partial charge on any atom is -0.213 e. The standard InChI is InChI=1S/C7H6Cl9F3O3S2/c1-23(2,22-24(20,21)7(17,18)19)3(4(8,9)10,5(11,12)13)6(14,15)16/h1-2H3. The van der Waals surface area contributed by atoms with Gasteiger partial charge in [-0.05, 0) is 12.5 Å². The summed E-state index contributed by atoms with van der Waals surface area (Å²) < 4.78 is 53.3. The summed E-state index contributed by atoms with van der Waals surface area (Å²) in [5, 5.41) is 0. The minimum absolute atomic E-state index is 0.766. The number of hydrogen-bond donors (Lipinski definition) is 0. The van der Waals surface area contributed by atoms with Gasteiger partial charge in [-0.25, -0.2) is 3.63 Å². The monoisotopic (exact) mass is 574 g/mol. The van der Waals surface area contributed by atoms with E-state index in [4.69, 9.17) is 104 Å². The van der Waals surface area contributed by atoms with Crippen molar-refractivity contribution in [3.05, 3.63) is 0 Å². The Hall–Kier alpha value is 2.66. The molecule has 0 unspecified atom stereocenters. The van der Waals surface area contributed by atoms with Gasteiger partial charge in [0.1, 0.15) is 0 Å². The lowest BCUT2D eigenvalue weighted by molar-refractivity contribution is -0.0496. The molecule has 17 heteroatoms. The third kappa shape index (κ3) is 4.79. The van der Waals surface area contributed by atoms with Gasteiger partial charge in [-0.1, -0.05) is 104 Å². The maximum Gasteiger partial charge on any atom is 0.523 e. The molecule has 0 aromatic rings. The van der Waals surface area contributed by atoms with Crippen LogP contribution in [0.3, 0.4) is 0 Å². The number of halogens is 12. The molecule has 0 radical (unpaired) electrons. The van der Waals surface area contributed by atoms with Gasteiger partial charge in [0.15, 0.2) is 4.75 Å². The van der Waals surface area contributed by atoms with E-state index in [0.717, 1.165) is 12.5 Å². The van der Waals surface area contributed by atoms with Crippen LogP contribution >= 0.6 is 115 Å². The third-order valence-electron chi connectivity index (χ3n) is 2.48. The highest BCUT2D eigenvalue weighted by atomic mass is 35.6. The van der Waals surface area contributed by atoms with Gasteiger partial charge >= 0.3 is 15.6 Å². The molecule has 0 saturated carbocycles. The van der Waals surface area contributed by atoms with Crippen LogP contribution in [0.2, 0.25) is 0 Å². The van der Waals surface area contributed by atoms with E-state index < -0.39 is 42.1 Å². The van der Waals surface area contributed by atoms with Crippen molar-refractivity contribution in [1.29, 1.82) is 0 Å². The van der Waals surface area contributed by atoms with Crippen molar-refractivity contribution < 1.29 is 25.2 Å². The SMILES string of the molecule is CS(C)(OS(=O)(=O)C(F)(F)F)C(C(Cl)(Cl)Cl)(C(Cl)(Cl)Cl)C(Cl)(Cl)Cl. The van der Waals surface area contributed by atoms with Crippen LogP contribution in [0.4, 0.5) is 13.2 Å². The molecule has 0 aromatic carbocycles. The molecule has 0 heterocycles. The second-order valence-corrected chi connectivity index (χ2v) is 16.2. The third-order valence-corrected chi connectivity index (χ3v) is 11.1. The van der Waals surface area contributed by atoms with Gasteiger partial charge in [0.25, 0.3) is 0 Å². The molecule has 0 amide bonds. The van der Waals surface area contributed by atoms with Crippen LogP contribution < -0.4 is 0 Å². The summed E-state index contributed by atoms with van der Waals surface area (Å²) in [7, 11) is -10.1. The number of alkyl halides is 12. The molecule has 24 heavy (non-hydrogen) atoms. The Morgan fingerprint density at radius 1 is 0.708 bits per heavy atom. The lowest BCUT2D eigenvalue weighted by Crippen LogP contribution is -2.65. The molecule has 0 spiro atoms. The van der Waals surface area contributed by atoms with Crippen LogP contribution in [0.5, 0.6) is 0 Å². The van der Waals surface area contributed by atoms with E-state index in [1.165, 1.54) is 0 Å². The van der Waals surface area contributed by atoms with Crippen molar-refractivity contribution in [2.24, 2.45) is 0 Å². The number of rotatable bonds is 3. The molecule has 148 valence electrons. The van der Waals surface area contributed by atoms with Crippen LogP contribution in [-0.4, -0.2) is 42.6 Å². The van der Waals surface area contributed by atoms with Gasteiger partial charge in [0.05, 0.1) is 0 Å². The zero-order valence-electron chi connectivity index (χ0n) is 11.1. The first-order valence-corrected chi connectivity index (χ1v) is 12.1. The second kappa shape index (κ2) is 7.48. The molecular weight excluding hydrogens is 572 g/mol. The normalized spacial score (nSPS) is 17.1. The highest BCUT2D eigenvalue weighted by Crippen LogP contribution is 2.78. The Labute approximate surface area is 182 Å². The summed E-state index contributed by atoms with van der Waals surface area (Å²) in [6.45, 7) is 0. The zero-order valence-corrected chi connectivity index (χ0v) is 19.5. The van der Waals surface area contributed by atoms with Crippen LogP contribution in [0.25, 0.3) is 0 Å². The van der Waals surface area contributed by atoms with Crippen molar-refractivity contribution in [3.63, 3.8) is 0 Å². The fourth-order valence-corrected chi connectivity index (χ4v) is 14.7. The van der Waals surface area contributed by atoms with E-state index in [2.05, 4.69) is 3.63 Å². The predicted molar refractivity (Wildman–Crippen MR) is 99.1 cm³/mol. The van der Waals surface area contributed by atoms with Gasteiger partial charge in [-0.3, -0.25) is 0 Å². The Balaban J connectivity index is 6.80. The lowest BCUT2D eigenvalue weighted by Gasteiger charge is -2.58. The molecule has 0 aromatic heterocycles. The molecule has 0 fully saturated rings. The Morgan fingerprint density at radius 3 is 1.12 bits per heavy atom. The van der Waals surface area contributed by atoms with E-state index in [9.17, 15) is 21.6 Å². The molecule has 0 rings (SSSR count). The van der Waals surface area contributed by atoms with E-state index in [-0.39, 0.29) is 0 Å². The first-order valence-electron chi connectivity index (χ1n) is 4.91.